The van der Waals surface area contributed by atoms with Crippen molar-refractivity contribution in [3.05, 3.63) is 58.0 Å². The molecule has 34 heavy (non-hydrogen) atoms. The molecule has 3 aromatic rings. The molecule has 0 unspecified atom stereocenters. The van der Waals surface area contributed by atoms with E-state index in [9.17, 15) is 4.79 Å². The molecule has 3 heterocycles. The zero-order valence-electron chi connectivity index (χ0n) is 19.7. The van der Waals surface area contributed by atoms with E-state index in [4.69, 9.17) is 26.1 Å². The maximum atomic E-state index is 12.8. The summed E-state index contributed by atoms with van der Waals surface area (Å²) >= 11 is 6.19. The highest BCUT2D eigenvalue weighted by Gasteiger charge is 2.36. The average molecular weight is 478 g/mol. The minimum absolute atomic E-state index is 0.0885. The molecule has 6 rings (SSSR count). The zero-order chi connectivity index (χ0) is 23.6. The van der Waals surface area contributed by atoms with Crippen molar-refractivity contribution in [2.75, 3.05) is 6.54 Å². The number of halogens is 1. The van der Waals surface area contributed by atoms with E-state index >= 15 is 0 Å². The first kappa shape index (κ1) is 21.5. The van der Waals surface area contributed by atoms with Gasteiger partial charge in [0.05, 0.1) is 11.7 Å². The van der Waals surface area contributed by atoms with Crippen LogP contribution in [0.15, 0.2) is 30.3 Å². The van der Waals surface area contributed by atoms with Crippen molar-refractivity contribution in [2.24, 2.45) is 0 Å². The van der Waals surface area contributed by atoms with Gasteiger partial charge in [-0.1, -0.05) is 17.7 Å². The number of hydrogen-bond acceptors (Lipinski definition) is 4. The van der Waals surface area contributed by atoms with E-state index in [1.165, 1.54) is 11.1 Å². The number of ether oxygens (including phenoxy) is 2. The number of nitrogens with zero attached hydrogens (tertiary/aromatic N) is 2. The van der Waals surface area contributed by atoms with E-state index in [0.29, 0.717) is 13.2 Å². The van der Waals surface area contributed by atoms with E-state index < -0.39 is 5.60 Å². The molecular formula is C27H28ClN3O3. The summed E-state index contributed by atoms with van der Waals surface area (Å²) in [7, 11) is 0. The summed E-state index contributed by atoms with van der Waals surface area (Å²) in [6.45, 7) is 6.89. The Labute approximate surface area is 204 Å². The number of aryl methyl sites for hydroxylation is 2. The van der Waals surface area contributed by atoms with Gasteiger partial charge in [0.2, 0.25) is 0 Å². The summed E-state index contributed by atoms with van der Waals surface area (Å²) in [4.78, 5) is 23.2. The second-order valence-electron chi connectivity index (χ2n) is 10.4. The monoisotopic (exact) mass is 477 g/mol. The van der Waals surface area contributed by atoms with Crippen LogP contribution in [0.2, 0.25) is 5.02 Å². The fourth-order valence-corrected chi connectivity index (χ4v) is 5.52. The van der Waals surface area contributed by atoms with Crippen LogP contribution in [0.1, 0.15) is 62.3 Å². The number of imidazole rings is 1. The van der Waals surface area contributed by atoms with Crippen molar-refractivity contribution in [3.63, 3.8) is 0 Å². The second-order valence-corrected chi connectivity index (χ2v) is 10.8. The summed E-state index contributed by atoms with van der Waals surface area (Å²) < 4.78 is 11.8. The summed E-state index contributed by atoms with van der Waals surface area (Å²) in [5.41, 5.74) is 7.37. The molecule has 1 aromatic heterocycles. The molecule has 2 aliphatic heterocycles. The van der Waals surface area contributed by atoms with Gasteiger partial charge in [0.1, 0.15) is 23.8 Å². The Morgan fingerprint density at radius 1 is 1.15 bits per heavy atom. The van der Waals surface area contributed by atoms with Gasteiger partial charge in [-0.2, -0.15) is 0 Å². The third-order valence-electron chi connectivity index (χ3n) is 6.84. The van der Waals surface area contributed by atoms with E-state index in [1.54, 1.807) is 0 Å². The molecule has 1 aliphatic carbocycles. The number of aromatic nitrogens is 2. The van der Waals surface area contributed by atoms with Gasteiger partial charge in [0, 0.05) is 28.4 Å². The summed E-state index contributed by atoms with van der Waals surface area (Å²) in [5.74, 6) is 1.72. The van der Waals surface area contributed by atoms with Crippen LogP contribution >= 0.6 is 11.6 Å². The topological polar surface area (TPSA) is 67.5 Å². The standard InChI is InChI=1S/C27H28ClN3O3/c1-27(2,3)34-26(32)31-10-4-5-22(31)25-29-21-9-6-15-12-20-18-8-7-17(28)11-16(18)14-33-23(20)13-19(15)24(21)30-25/h7-8,11-13,22H,4-6,9-10,14H2,1-3H3,(H,29,30)/t22-/m0/s1. The molecule has 1 N–H and O–H groups in total. The SMILES string of the molecule is CC(C)(C)OC(=O)N1CCC[C@H]1c1nc2c([nH]1)CCc1cc3c(cc1-2)OCc1cc(Cl)ccc1-3. The number of H-pyrrole nitrogens is 1. The highest BCUT2D eigenvalue weighted by Crippen LogP contribution is 2.45. The van der Waals surface area contributed by atoms with Crippen LogP contribution in [0, 0.1) is 0 Å². The van der Waals surface area contributed by atoms with Crippen LogP contribution in [-0.2, 0) is 24.2 Å². The molecule has 6 nitrogen and oxygen atoms in total. The quantitative estimate of drug-likeness (QED) is 0.436. The molecule has 3 aliphatic rings. The first-order valence-corrected chi connectivity index (χ1v) is 12.3. The van der Waals surface area contributed by atoms with E-state index in [-0.39, 0.29) is 12.1 Å². The second kappa shape index (κ2) is 7.77. The summed E-state index contributed by atoms with van der Waals surface area (Å²) in [6.07, 6.45) is 3.37. The lowest BCUT2D eigenvalue weighted by Crippen LogP contribution is -2.36. The normalized spacial score (nSPS) is 18.5. The maximum absolute atomic E-state index is 12.8. The van der Waals surface area contributed by atoms with Crippen molar-refractivity contribution < 1.29 is 14.3 Å². The molecule has 7 heteroatoms. The molecule has 1 fully saturated rings. The number of nitrogens with one attached hydrogen (secondary N) is 1. The number of carbonyl (C=O) groups excluding carboxylic acids is 1. The number of benzene rings is 2. The van der Waals surface area contributed by atoms with Gasteiger partial charge < -0.3 is 14.5 Å². The van der Waals surface area contributed by atoms with Crippen LogP contribution < -0.4 is 4.74 Å². The summed E-state index contributed by atoms with van der Waals surface area (Å²) in [5, 5.41) is 0.727. The van der Waals surface area contributed by atoms with Crippen molar-refractivity contribution in [3.8, 4) is 28.1 Å². The van der Waals surface area contributed by atoms with Crippen molar-refractivity contribution in [2.45, 2.75) is 64.7 Å². The third-order valence-corrected chi connectivity index (χ3v) is 7.07. The van der Waals surface area contributed by atoms with E-state index in [1.807, 2.05) is 37.8 Å². The molecule has 0 radical (unpaired) electrons. The number of likely N-dealkylation sites (tertiary alicyclic amines) is 1. The lowest BCUT2D eigenvalue weighted by atomic mass is 9.87. The Balaban J connectivity index is 1.35. The molecule has 0 saturated carbocycles. The lowest BCUT2D eigenvalue weighted by Gasteiger charge is -2.27. The molecule has 2 aromatic carbocycles. The molecule has 1 amide bonds. The molecule has 1 saturated heterocycles. The number of rotatable bonds is 1. The Morgan fingerprint density at radius 2 is 2.00 bits per heavy atom. The fraction of sp³-hybridized carbons (Fsp3) is 0.407. The molecule has 1 atom stereocenters. The largest absolute Gasteiger partial charge is 0.488 e. The van der Waals surface area contributed by atoms with Gasteiger partial charge in [-0.05, 0) is 87.4 Å². The van der Waals surface area contributed by atoms with Gasteiger partial charge in [0.15, 0.2) is 0 Å². The van der Waals surface area contributed by atoms with Gasteiger partial charge >= 0.3 is 6.09 Å². The highest BCUT2D eigenvalue weighted by atomic mass is 35.5. The highest BCUT2D eigenvalue weighted by molar-refractivity contribution is 6.30. The number of aromatic amines is 1. The number of hydrogen-bond donors (Lipinski definition) is 1. The predicted molar refractivity (Wildman–Crippen MR) is 131 cm³/mol. The minimum Gasteiger partial charge on any atom is -0.488 e. The van der Waals surface area contributed by atoms with Gasteiger partial charge in [-0.15, -0.1) is 0 Å². The first-order chi connectivity index (χ1) is 16.3. The van der Waals surface area contributed by atoms with E-state index in [0.717, 1.165) is 70.4 Å². The maximum Gasteiger partial charge on any atom is 0.410 e. The molecule has 0 bridgehead atoms. The number of amides is 1. The number of carbonyl (C=O) groups is 1. The Morgan fingerprint density at radius 3 is 2.82 bits per heavy atom. The first-order valence-electron chi connectivity index (χ1n) is 11.9. The molecule has 176 valence electrons. The van der Waals surface area contributed by atoms with Gasteiger partial charge in [-0.25, -0.2) is 9.78 Å². The summed E-state index contributed by atoms with van der Waals surface area (Å²) in [6, 6.07) is 10.3. The van der Waals surface area contributed by atoms with Crippen molar-refractivity contribution >= 4 is 17.7 Å². The van der Waals surface area contributed by atoms with Crippen LogP contribution in [0.4, 0.5) is 4.79 Å². The fourth-order valence-electron chi connectivity index (χ4n) is 5.32. The van der Waals surface area contributed by atoms with E-state index in [2.05, 4.69) is 23.2 Å². The zero-order valence-corrected chi connectivity index (χ0v) is 20.5. The van der Waals surface area contributed by atoms with Gasteiger partial charge in [0.25, 0.3) is 0 Å². The Hall–Kier alpha value is -2.99. The van der Waals surface area contributed by atoms with Crippen LogP contribution in [0.3, 0.4) is 0 Å². The average Bonchev–Trinajstić information content (AvgIpc) is 3.43. The van der Waals surface area contributed by atoms with Crippen LogP contribution in [0.5, 0.6) is 5.75 Å². The molecule has 0 spiro atoms. The minimum atomic E-state index is -0.519. The smallest absolute Gasteiger partial charge is 0.410 e. The predicted octanol–water partition coefficient (Wildman–Crippen LogP) is 6.46. The third kappa shape index (κ3) is 3.65. The molecular weight excluding hydrogens is 450 g/mol. The number of fused-ring (bicyclic) bond motifs is 6. The van der Waals surface area contributed by atoms with Crippen molar-refractivity contribution in [1.29, 1.82) is 0 Å². The van der Waals surface area contributed by atoms with Gasteiger partial charge in [-0.3, -0.25) is 4.90 Å². The van der Waals surface area contributed by atoms with Crippen LogP contribution in [0.25, 0.3) is 22.4 Å². The Kier molecular flexibility index (Phi) is 4.92. The van der Waals surface area contributed by atoms with Crippen molar-refractivity contribution in [1.82, 2.24) is 14.9 Å². The lowest BCUT2D eigenvalue weighted by molar-refractivity contribution is 0.0218. The van der Waals surface area contributed by atoms with Crippen LogP contribution in [-0.4, -0.2) is 33.1 Å². The Bertz CT molecular complexity index is 1310.